The van der Waals surface area contributed by atoms with Crippen LogP contribution in [0.15, 0.2) is 18.2 Å². The second-order valence-corrected chi connectivity index (χ2v) is 6.35. The quantitative estimate of drug-likeness (QED) is 0.860. The van der Waals surface area contributed by atoms with E-state index < -0.39 is 5.60 Å². The largest absolute Gasteiger partial charge is 0.389 e. The van der Waals surface area contributed by atoms with E-state index in [1.165, 1.54) is 6.42 Å². The maximum absolute atomic E-state index is 14.1. The Morgan fingerprint density at radius 2 is 2.00 bits per heavy atom. The zero-order valence-corrected chi connectivity index (χ0v) is 11.5. The van der Waals surface area contributed by atoms with Gasteiger partial charge in [0, 0.05) is 18.5 Å². The number of hydrogen-bond donors (Lipinski definition) is 2. The Morgan fingerprint density at radius 1 is 1.32 bits per heavy atom. The fourth-order valence-electron chi connectivity index (χ4n) is 3.78. The molecule has 19 heavy (non-hydrogen) atoms. The average molecular weight is 263 g/mol. The van der Waals surface area contributed by atoms with E-state index in [1.54, 1.807) is 19.1 Å². The average Bonchev–Trinajstić information content (AvgIpc) is 2.34. The summed E-state index contributed by atoms with van der Waals surface area (Å²) < 4.78 is 14.1. The van der Waals surface area contributed by atoms with Gasteiger partial charge in [-0.25, -0.2) is 4.39 Å². The first-order valence-corrected chi connectivity index (χ1v) is 7.28. The van der Waals surface area contributed by atoms with Crippen molar-refractivity contribution in [3.8, 4) is 0 Å². The molecule has 1 aromatic carbocycles. The van der Waals surface area contributed by atoms with E-state index in [9.17, 15) is 9.50 Å². The standard InChI is InChI=1S/C16H22FNO/c1-11-4-2-5-12(15(11)17)8-16(19)9-13-6-3-7-14(10-16)18-13/h2,4-5,13-14,18-19H,3,6-10H2,1H3. The molecule has 2 aliphatic rings. The van der Waals surface area contributed by atoms with Gasteiger partial charge in [-0.05, 0) is 43.7 Å². The van der Waals surface area contributed by atoms with Gasteiger partial charge < -0.3 is 10.4 Å². The Kier molecular flexibility index (Phi) is 3.35. The van der Waals surface area contributed by atoms with Gasteiger partial charge in [-0.3, -0.25) is 0 Å². The highest BCUT2D eigenvalue weighted by Gasteiger charge is 2.40. The molecule has 1 aromatic rings. The molecule has 2 nitrogen and oxygen atoms in total. The summed E-state index contributed by atoms with van der Waals surface area (Å²) in [6.07, 6.45) is 5.45. The van der Waals surface area contributed by atoms with E-state index >= 15 is 0 Å². The molecule has 2 aliphatic heterocycles. The third-order valence-corrected chi connectivity index (χ3v) is 4.62. The smallest absolute Gasteiger partial charge is 0.129 e. The number of halogens is 1. The van der Waals surface area contributed by atoms with Crippen molar-refractivity contribution < 1.29 is 9.50 Å². The van der Waals surface area contributed by atoms with Crippen molar-refractivity contribution in [1.82, 2.24) is 5.32 Å². The number of piperidine rings is 2. The highest BCUT2D eigenvalue weighted by Crippen LogP contribution is 2.35. The van der Waals surface area contributed by atoms with Gasteiger partial charge in [0.15, 0.2) is 0 Å². The van der Waals surface area contributed by atoms with Gasteiger partial charge in [-0.15, -0.1) is 0 Å². The lowest BCUT2D eigenvalue weighted by molar-refractivity contribution is -0.0308. The molecule has 2 heterocycles. The zero-order chi connectivity index (χ0) is 13.5. The van der Waals surface area contributed by atoms with Crippen LogP contribution < -0.4 is 5.32 Å². The highest BCUT2D eigenvalue weighted by atomic mass is 19.1. The Labute approximate surface area is 114 Å². The fourth-order valence-corrected chi connectivity index (χ4v) is 3.78. The number of benzene rings is 1. The highest BCUT2D eigenvalue weighted by molar-refractivity contribution is 5.26. The van der Waals surface area contributed by atoms with Gasteiger partial charge in [-0.1, -0.05) is 24.6 Å². The van der Waals surface area contributed by atoms with Crippen LogP contribution in [0.5, 0.6) is 0 Å². The monoisotopic (exact) mass is 263 g/mol. The van der Waals surface area contributed by atoms with Gasteiger partial charge in [0.25, 0.3) is 0 Å². The van der Waals surface area contributed by atoms with Crippen LogP contribution in [0, 0.1) is 12.7 Å². The lowest BCUT2D eigenvalue weighted by Gasteiger charge is -2.45. The summed E-state index contributed by atoms with van der Waals surface area (Å²) in [5.74, 6) is -0.153. The molecule has 104 valence electrons. The van der Waals surface area contributed by atoms with Crippen LogP contribution in [0.4, 0.5) is 4.39 Å². The number of fused-ring (bicyclic) bond motifs is 2. The minimum absolute atomic E-state index is 0.153. The summed E-state index contributed by atoms with van der Waals surface area (Å²) in [6.45, 7) is 1.78. The Balaban J connectivity index is 1.80. The molecule has 2 fully saturated rings. The van der Waals surface area contributed by atoms with Gasteiger partial charge in [0.1, 0.15) is 5.82 Å². The summed E-state index contributed by atoms with van der Waals surface area (Å²) in [6, 6.07) is 6.27. The number of aliphatic hydroxyl groups is 1. The van der Waals surface area contributed by atoms with Crippen molar-refractivity contribution in [1.29, 1.82) is 0 Å². The lowest BCUT2D eigenvalue weighted by atomic mass is 9.74. The summed E-state index contributed by atoms with van der Waals surface area (Å²) >= 11 is 0. The third-order valence-electron chi connectivity index (χ3n) is 4.62. The van der Waals surface area contributed by atoms with Gasteiger partial charge in [-0.2, -0.15) is 0 Å². The molecule has 2 bridgehead atoms. The summed E-state index contributed by atoms with van der Waals surface area (Å²) in [4.78, 5) is 0. The van der Waals surface area contributed by atoms with Gasteiger partial charge in [0.05, 0.1) is 5.60 Å². The molecule has 0 aliphatic carbocycles. The van der Waals surface area contributed by atoms with E-state index in [4.69, 9.17) is 0 Å². The number of hydrogen-bond acceptors (Lipinski definition) is 2. The molecule has 2 N–H and O–H groups in total. The van der Waals surface area contributed by atoms with Crippen LogP contribution >= 0.6 is 0 Å². The van der Waals surface area contributed by atoms with Gasteiger partial charge >= 0.3 is 0 Å². The van der Waals surface area contributed by atoms with E-state index in [0.29, 0.717) is 29.6 Å². The first kappa shape index (κ1) is 13.1. The van der Waals surface area contributed by atoms with Crippen LogP contribution in [0.1, 0.15) is 43.2 Å². The van der Waals surface area contributed by atoms with E-state index in [2.05, 4.69) is 5.32 Å². The summed E-state index contributed by atoms with van der Waals surface area (Å²) in [7, 11) is 0. The van der Waals surface area contributed by atoms with Crippen LogP contribution in [-0.2, 0) is 6.42 Å². The summed E-state index contributed by atoms with van der Waals surface area (Å²) in [5, 5.41) is 14.4. The van der Waals surface area contributed by atoms with Crippen LogP contribution in [0.3, 0.4) is 0 Å². The maximum Gasteiger partial charge on any atom is 0.129 e. The predicted octanol–water partition coefficient (Wildman–Crippen LogP) is 2.71. The fraction of sp³-hybridized carbons (Fsp3) is 0.625. The van der Waals surface area contributed by atoms with Crippen LogP contribution in [0.2, 0.25) is 0 Å². The molecule has 2 saturated heterocycles. The molecule has 3 heteroatoms. The van der Waals surface area contributed by atoms with Crippen molar-refractivity contribution in [2.24, 2.45) is 0 Å². The first-order valence-electron chi connectivity index (χ1n) is 7.28. The molecule has 0 saturated carbocycles. The Hall–Kier alpha value is -0.930. The predicted molar refractivity (Wildman–Crippen MR) is 73.6 cm³/mol. The van der Waals surface area contributed by atoms with Crippen LogP contribution in [0.25, 0.3) is 0 Å². The molecule has 0 spiro atoms. The Bertz CT molecular complexity index is 462. The van der Waals surface area contributed by atoms with Crippen molar-refractivity contribution >= 4 is 0 Å². The molecular weight excluding hydrogens is 241 g/mol. The minimum atomic E-state index is -0.740. The second kappa shape index (κ2) is 4.88. The topological polar surface area (TPSA) is 32.3 Å². The van der Waals surface area contributed by atoms with Crippen molar-refractivity contribution in [2.75, 3.05) is 0 Å². The second-order valence-electron chi connectivity index (χ2n) is 6.35. The number of nitrogens with one attached hydrogen (secondary N) is 1. The Morgan fingerprint density at radius 3 is 2.68 bits per heavy atom. The van der Waals surface area contributed by atoms with E-state index in [0.717, 1.165) is 25.7 Å². The number of rotatable bonds is 2. The maximum atomic E-state index is 14.1. The lowest BCUT2D eigenvalue weighted by Crippen LogP contribution is -2.56. The SMILES string of the molecule is Cc1cccc(CC2(O)CC3CCCC(C2)N3)c1F. The van der Waals surface area contributed by atoms with Crippen LogP contribution in [-0.4, -0.2) is 22.8 Å². The molecule has 0 radical (unpaired) electrons. The van der Waals surface area contributed by atoms with Crippen molar-refractivity contribution in [3.63, 3.8) is 0 Å². The van der Waals surface area contributed by atoms with Gasteiger partial charge in [0.2, 0.25) is 0 Å². The van der Waals surface area contributed by atoms with Crippen molar-refractivity contribution in [3.05, 3.63) is 35.1 Å². The minimum Gasteiger partial charge on any atom is -0.389 e. The molecule has 0 amide bonds. The zero-order valence-electron chi connectivity index (χ0n) is 11.5. The number of aryl methyl sites for hydroxylation is 1. The third kappa shape index (κ3) is 2.67. The molecular formula is C16H22FNO. The van der Waals surface area contributed by atoms with E-state index in [1.807, 2.05) is 6.07 Å². The molecule has 2 atom stereocenters. The molecule has 3 rings (SSSR count). The first-order chi connectivity index (χ1) is 9.06. The molecule has 2 unspecified atom stereocenters. The van der Waals surface area contributed by atoms with Crippen molar-refractivity contribution in [2.45, 2.75) is 63.1 Å². The normalized spacial score (nSPS) is 34.3. The summed E-state index contributed by atoms with van der Waals surface area (Å²) in [5.41, 5.74) is 0.577. The molecule has 0 aromatic heterocycles. The van der Waals surface area contributed by atoms with E-state index in [-0.39, 0.29) is 5.82 Å².